The highest BCUT2D eigenvalue weighted by Crippen LogP contribution is 2.53. The van der Waals surface area contributed by atoms with Crippen LogP contribution >= 0.6 is 0 Å². The van der Waals surface area contributed by atoms with E-state index in [2.05, 4.69) is 256 Å². The molecular formula is C63H61BN2. The van der Waals surface area contributed by atoms with Crippen molar-refractivity contribution < 1.29 is 0 Å². The Labute approximate surface area is 394 Å². The quantitative estimate of drug-likeness (QED) is 0.163. The fraction of sp³-hybridized carbons (Fsp3) is 0.238. The summed E-state index contributed by atoms with van der Waals surface area (Å²) in [6.45, 7) is 25.7. The number of hydrogen-bond acceptors (Lipinski definition) is 2. The summed E-state index contributed by atoms with van der Waals surface area (Å²) in [5.74, 6) is 0. The molecule has 8 aromatic rings. The Bertz CT molecular complexity index is 3230. The zero-order valence-corrected chi connectivity index (χ0v) is 40.6. The van der Waals surface area contributed by atoms with Crippen molar-refractivity contribution in [1.29, 1.82) is 0 Å². The summed E-state index contributed by atoms with van der Waals surface area (Å²) in [6.07, 6.45) is 0. The molecule has 0 fully saturated rings. The van der Waals surface area contributed by atoms with E-state index in [1.807, 2.05) is 0 Å². The van der Waals surface area contributed by atoms with Crippen LogP contribution in [0.25, 0.3) is 33.4 Å². The van der Waals surface area contributed by atoms with E-state index in [1.165, 1.54) is 106 Å². The van der Waals surface area contributed by atoms with Gasteiger partial charge in [0.2, 0.25) is 0 Å². The van der Waals surface area contributed by atoms with E-state index in [1.54, 1.807) is 0 Å². The van der Waals surface area contributed by atoms with Crippen molar-refractivity contribution in [3.8, 4) is 33.4 Å². The smallest absolute Gasteiger partial charge is 0.252 e. The minimum atomic E-state index is -0.0798. The lowest BCUT2D eigenvalue weighted by Gasteiger charge is -2.45. The van der Waals surface area contributed by atoms with E-state index in [4.69, 9.17) is 0 Å². The van der Waals surface area contributed by atoms with Crippen LogP contribution < -0.4 is 26.2 Å². The molecule has 0 radical (unpaired) electrons. The summed E-state index contributed by atoms with van der Waals surface area (Å²) in [4.78, 5) is 5.18. The van der Waals surface area contributed by atoms with Gasteiger partial charge in [0.15, 0.2) is 0 Å². The summed E-state index contributed by atoms with van der Waals surface area (Å²) in [5, 5.41) is 0. The Morgan fingerprint density at radius 1 is 0.379 bits per heavy atom. The van der Waals surface area contributed by atoms with Gasteiger partial charge >= 0.3 is 0 Å². The molecule has 0 saturated heterocycles. The predicted octanol–water partition coefficient (Wildman–Crippen LogP) is 15.3. The van der Waals surface area contributed by atoms with Gasteiger partial charge in [-0.15, -0.1) is 0 Å². The van der Waals surface area contributed by atoms with Gasteiger partial charge in [0.1, 0.15) is 0 Å². The van der Waals surface area contributed by atoms with Crippen molar-refractivity contribution in [1.82, 2.24) is 0 Å². The van der Waals surface area contributed by atoms with E-state index in [0.717, 1.165) is 5.69 Å². The van der Waals surface area contributed by atoms with Gasteiger partial charge < -0.3 is 9.80 Å². The zero-order chi connectivity index (χ0) is 46.1. The standard InChI is InChI=1S/C63H61BN2/c1-60(2,3)43-27-31-46(32-28-43)65-54-38-44(61(4,5)6)29-33-52(54)64-53-34-30-45(62(7,8)9)39-55(53)66(57-37-42(36-56(65)59(57)64)40-19-13-12-14-20-40)47-22-17-21-41(35-47)48-24-18-26-51-58(48)49-23-15-16-25-50(49)63(51,10)11/h12-39H,1-11H3. The third-order valence-electron chi connectivity index (χ3n) is 14.9. The molecule has 11 rings (SSSR count). The van der Waals surface area contributed by atoms with Gasteiger partial charge in [-0.2, -0.15) is 0 Å². The van der Waals surface area contributed by atoms with Crippen LogP contribution in [0.1, 0.15) is 104 Å². The molecule has 66 heavy (non-hydrogen) atoms. The van der Waals surface area contributed by atoms with Gasteiger partial charge in [-0.25, -0.2) is 0 Å². The SMILES string of the molecule is CC(C)(C)c1ccc(N2c3cc(C(C)(C)C)ccc3B3c4ccc(C(C)(C)C)cc4N(c4cccc(-c5cccc6c5-c5ccccc5C6(C)C)c4)c4cc(-c5ccccc5)cc2c43)cc1. The second-order valence-corrected chi connectivity index (χ2v) is 22.7. The average molecular weight is 857 g/mol. The van der Waals surface area contributed by atoms with Crippen LogP contribution in [-0.4, -0.2) is 6.71 Å². The molecule has 8 aromatic carbocycles. The first-order valence-electron chi connectivity index (χ1n) is 24.0. The van der Waals surface area contributed by atoms with Crippen LogP contribution in [0.4, 0.5) is 34.1 Å². The van der Waals surface area contributed by atoms with Gasteiger partial charge in [-0.3, -0.25) is 0 Å². The third-order valence-corrected chi connectivity index (χ3v) is 14.9. The van der Waals surface area contributed by atoms with Crippen LogP contribution in [0.5, 0.6) is 0 Å². The highest BCUT2D eigenvalue weighted by atomic mass is 15.2. The maximum absolute atomic E-state index is 2.60. The predicted molar refractivity (Wildman–Crippen MR) is 285 cm³/mol. The normalized spacial score (nSPS) is 14.6. The number of nitrogens with zero attached hydrogens (tertiary/aromatic N) is 2. The molecule has 0 saturated carbocycles. The summed E-state index contributed by atoms with van der Waals surface area (Å²) in [6, 6.07) is 65.3. The summed E-state index contributed by atoms with van der Waals surface area (Å²) < 4.78 is 0. The van der Waals surface area contributed by atoms with E-state index >= 15 is 0 Å². The summed E-state index contributed by atoms with van der Waals surface area (Å²) in [7, 11) is 0. The number of rotatable bonds is 4. The maximum Gasteiger partial charge on any atom is 0.252 e. The highest BCUT2D eigenvalue weighted by Gasteiger charge is 2.45. The Hall–Kier alpha value is -6.58. The Morgan fingerprint density at radius 2 is 0.879 bits per heavy atom. The third kappa shape index (κ3) is 6.60. The topological polar surface area (TPSA) is 6.48 Å². The summed E-state index contributed by atoms with van der Waals surface area (Å²) >= 11 is 0. The van der Waals surface area contributed by atoms with Crippen molar-refractivity contribution in [3.05, 3.63) is 198 Å². The van der Waals surface area contributed by atoms with Crippen molar-refractivity contribution in [2.24, 2.45) is 0 Å². The lowest BCUT2D eigenvalue weighted by atomic mass is 9.33. The molecule has 0 N–H and O–H groups in total. The summed E-state index contributed by atoms with van der Waals surface area (Å²) in [5.41, 5.74) is 25.5. The minimum absolute atomic E-state index is 0.0218. The second-order valence-electron chi connectivity index (χ2n) is 22.7. The first-order chi connectivity index (χ1) is 31.4. The van der Waals surface area contributed by atoms with E-state index in [-0.39, 0.29) is 28.4 Å². The molecule has 0 spiro atoms. The van der Waals surface area contributed by atoms with Crippen molar-refractivity contribution in [3.63, 3.8) is 0 Å². The molecule has 0 atom stereocenters. The lowest BCUT2D eigenvalue weighted by molar-refractivity contribution is 0.590. The fourth-order valence-electron chi connectivity index (χ4n) is 11.2. The molecule has 0 aromatic heterocycles. The first-order valence-corrected chi connectivity index (χ1v) is 24.0. The van der Waals surface area contributed by atoms with Gasteiger partial charge in [-0.1, -0.05) is 197 Å². The van der Waals surface area contributed by atoms with Gasteiger partial charge in [0.25, 0.3) is 6.71 Å². The number of hydrogen-bond donors (Lipinski definition) is 0. The van der Waals surface area contributed by atoms with E-state index in [9.17, 15) is 0 Å². The average Bonchev–Trinajstić information content (AvgIpc) is 3.53. The molecule has 2 heterocycles. The molecule has 0 bridgehead atoms. The monoisotopic (exact) mass is 856 g/mol. The molecule has 2 aliphatic heterocycles. The van der Waals surface area contributed by atoms with Crippen molar-refractivity contribution in [2.75, 3.05) is 9.80 Å². The van der Waals surface area contributed by atoms with Crippen LogP contribution in [0.15, 0.2) is 170 Å². The Balaban J connectivity index is 1.22. The molecule has 1 aliphatic carbocycles. The van der Waals surface area contributed by atoms with Crippen LogP contribution in [0.2, 0.25) is 0 Å². The van der Waals surface area contributed by atoms with E-state index in [0.29, 0.717) is 0 Å². The van der Waals surface area contributed by atoms with Crippen molar-refractivity contribution in [2.45, 2.75) is 97.8 Å². The van der Waals surface area contributed by atoms with Gasteiger partial charge in [0, 0.05) is 39.5 Å². The Kier molecular flexibility index (Phi) is 9.38. The largest absolute Gasteiger partial charge is 0.311 e. The molecule has 0 amide bonds. The number of benzene rings is 8. The second kappa shape index (κ2) is 14.7. The lowest BCUT2D eigenvalue weighted by Crippen LogP contribution is -2.61. The molecule has 3 aliphatic rings. The fourth-order valence-corrected chi connectivity index (χ4v) is 11.2. The maximum atomic E-state index is 2.60. The number of fused-ring (bicyclic) bond motifs is 7. The molecule has 3 heteroatoms. The zero-order valence-electron chi connectivity index (χ0n) is 40.6. The van der Waals surface area contributed by atoms with Gasteiger partial charge in [0.05, 0.1) is 0 Å². The molecule has 2 nitrogen and oxygen atoms in total. The van der Waals surface area contributed by atoms with Crippen LogP contribution in [0, 0.1) is 0 Å². The number of anilines is 6. The Morgan fingerprint density at radius 3 is 1.48 bits per heavy atom. The molecular weight excluding hydrogens is 796 g/mol. The van der Waals surface area contributed by atoms with E-state index < -0.39 is 0 Å². The van der Waals surface area contributed by atoms with Gasteiger partial charge in [-0.05, 0) is 142 Å². The highest BCUT2D eigenvalue weighted by molar-refractivity contribution is 7.00. The van der Waals surface area contributed by atoms with Crippen LogP contribution in [-0.2, 0) is 21.7 Å². The minimum Gasteiger partial charge on any atom is -0.311 e. The first kappa shape index (κ1) is 42.1. The molecule has 326 valence electrons. The van der Waals surface area contributed by atoms with Crippen molar-refractivity contribution >= 4 is 57.2 Å². The molecule has 0 unspecified atom stereocenters. The van der Waals surface area contributed by atoms with Crippen LogP contribution in [0.3, 0.4) is 0 Å².